The van der Waals surface area contributed by atoms with Crippen LogP contribution in [0.5, 0.6) is 0 Å². The molecule has 118 valence electrons. The molecule has 6 heteroatoms. The molecule has 3 aromatic heterocycles. The minimum Gasteiger partial charge on any atom is -0.440 e. The van der Waals surface area contributed by atoms with Crippen molar-refractivity contribution in [1.29, 1.82) is 0 Å². The number of thiophene rings is 1. The van der Waals surface area contributed by atoms with Crippen molar-refractivity contribution in [2.24, 2.45) is 0 Å². The number of hydrogen-bond donors (Lipinski definition) is 1. The Morgan fingerprint density at radius 2 is 2.22 bits per heavy atom. The topological polar surface area (TPSA) is 68.0 Å². The number of amides is 1. The van der Waals surface area contributed by atoms with Crippen molar-refractivity contribution in [3.63, 3.8) is 0 Å². The Hall–Kier alpha value is -2.47. The van der Waals surface area contributed by atoms with Crippen LogP contribution in [0.4, 0.5) is 0 Å². The Balaban J connectivity index is 1.54. The molecule has 0 aromatic carbocycles. The van der Waals surface area contributed by atoms with Crippen molar-refractivity contribution < 1.29 is 9.21 Å². The van der Waals surface area contributed by atoms with Crippen LogP contribution in [0.15, 0.2) is 46.3 Å². The van der Waals surface area contributed by atoms with Crippen LogP contribution >= 0.6 is 11.3 Å². The van der Waals surface area contributed by atoms with E-state index in [2.05, 4.69) is 15.3 Å². The van der Waals surface area contributed by atoms with Crippen molar-refractivity contribution in [3.8, 4) is 10.8 Å². The molecule has 3 rings (SSSR count). The number of carbonyl (C=O) groups excluding carboxylic acids is 1. The average molecular weight is 327 g/mol. The molecule has 0 fully saturated rings. The highest BCUT2D eigenvalue weighted by molar-refractivity contribution is 7.13. The van der Waals surface area contributed by atoms with E-state index < -0.39 is 0 Å². The number of carbonyl (C=O) groups is 1. The molecule has 1 N–H and O–H groups in total. The van der Waals surface area contributed by atoms with E-state index in [-0.39, 0.29) is 12.3 Å². The zero-order valence-electron chi connectivity index (χ0n) is 12.8. The maximum atomic E-state index is 12.0. The fourth-order valence-corrected chi connectivity index (χ4v) is 2.84. The van der Waals surface area contributed by atoms with Gasteiger partial charge in [-0.05, 0) is 30.5 Å². The number of hydrogen-bond acceptors (Lipinski definition) is 5. The van der Waals surface area contributed by atoms with Crippen LogP contribution in [0.3, 0.4) is 0 Å². The van der Waals surface area contributed by atoms with Gasteiger partial charge in [-0.2, -0.15) is 0 Å². The Bertz CT molecular complexity index is 767. The van der Waals surface area contributed by atoms with Gasteiger partial charge in [0, 0.05) is 24.9 Å². The third-order valence-corrected chi connectivity index (χ3v) is 4.24. The third kappa shape index (κ3) is 4.04. The summed E-state index contributed by atoms with van der Waals surface area (Å²) in [5.41, 5.74) is 1.65. The number of aromatic nitrogens is 2. The van der Waals surface area contributed by atoms with Gasteiger partial charge in [-0.15, -0.1) is 11.3 Å². The Kier molecular flexibility index (Phi) is 4.83. The van der Waals surface area contributed by atoms with Gasteiger partial charge in [-0.3, -0.25) is 9.78 Å². The van der Waals surface area contributed by atoms with Gasteiger partial charge in [0.25, 0.3) is 0 Å². The first kappa shape index (κ1) is 15.4. The summed E-state index contributed by atoms with van der Waals surface area (Å²) in [5, 5.41) is 4.86. The van der Waals surface area contributed by atoms with Crippen LogP contribution in [0.25, 0.3) is 10.8 Å². The standard InChI is InChI=1S/C17H17N3O2S/c1-12-14(20-17(22-12)15-6-4-10-23-15)11-16(21)19-9-7-13-5-2-3-8-18-13/h2-6,8,10H,7,9,11H2,1H3,(H,19,21). The van der Waals surface area contributed by atoms with Gasteiger partial charge in [-0.1, -0.05) is 12.1 Å². The van der Waals surface area contributed by atoms with Crippen LogP contribution in [-0.4, -0.2) is 22.4 Å². The van der Waals surface area contributed by atoms with E-state index in [0.717, 1.165) is 10.6 Å². The molecular formula is C17H17N3O2S. The van der Waals surface area contributed by atoms with Crippen LogP contribution < -0.4 is 5.32 Å². The summed E-state index contributed by atoms with van der Waals surface area (Å²) in [6, 6.07) is 9.66. The number of rotatable bonds is 6. The summed E-state index contributed by atoms with van der Waals surface area (Å²) >= 11 is 1.56. The largest absolute Gasteiger partial charge is 0.440 e. The molecule has 0 bridgehead atoms. The van der Waals surface area contributed by atoms with Gasteiger partial charge in [0.2, 0.25) is 11.8 Å². The van der Waals surface area contributed by atoms with Crippen LogP contribution in [0, 0.1) is 6.92 Å². The van der Waals surface area contributed by atoms with Gasteiger partial charge in [-0.25, -0.2) is 4.98 Å². The second kappa shape index (κ2) is 7.19. The molecule has 0 spiro atoms. The highest BCUT2D eigenvalue weighted by atomic mass is 32.1. The summed E-state index contributed by atoms with van der Waals surface area (Å²) in [4.78, 5) is 21.7. The number of nitrogens with zero attached hydrogens (tertiary/aromatic N) is 2. The van der Waals surface area contributed by atoms with Gasteiger partial charge in [0.1, 0.15) is 5.76 Å². The molecule has 3 aromatic rings. The number of pyridine rings is 1. The lowest BCUT2D eigenvalue weighted by Gasteiger charge is -2.03. The molecular weight excluding hydrogens is 310 g/mol. The summed E-state index contributed by atoms with van der Waals surface area (Å²) in [6.45, 7) is 2.39. The van der Waals surface area contributed by atoms with Gasteiger partial charge < -0.3 is 9.73 Å². The lowest BCUT2D eigenvalue weighted by atomic mass is 10.2. The lowest BCUT2D eigenvalue weighted by molar-refractivity contribution is -0.120. The predicted octanol–water partition coefficient (Wildman–Crippen LogP) is 3.01. The van der Waals surface area contributed by atoms with E-state index >= 15 is 0 Å². The van der Waals surface area contributed by atoms with Crippen molar-refractivity contribution in [2.45, 2.75) is 19.8 Å². The van der Waals surface area contributed by atoms with E-state index in [4.69, 9.17) is 4.42 Å². The maximum Gasteiger partial charge on any atom is 0.236 e. The highest BCUT2D eigenvalue weighted by Crippen LogP contribution is 2.25. The highest BCUT2D eigenvalue weighted by Gasteiger charge is 2.15. The van der Waals surface area contributed by atoms with Crippen LogP contribution in [0.1, 0.15) is 17.1 Å². The van der Waals surface area contributed by atoms with Crippen molar-refractivity contribution >= 4 is 17.2 Å². The number of nitrogens with one attached hydrogen (secondary N) is 1. The SMILES string of the molecule is Cc1oc(-c2cccs2)nc1CC(=O)NCCc1ccccn1. The first-order chi connectivity index (χ1) is 11.2. The molecule has 0 saturated carbocycles. The average Bonchev–Trinajstić information content (AvgIpc) is 3.19. The van der Waals surface area contributed by atoms with Crippen molar-refractivity contribution in [2.75, 3.05) is 6.54 Å². The monoisotopic (exact) mass is 327 g/mol. The predicted molar refractivity (Wildman–Crippen MR) is 89.2 cm³/mol. The Morgan fingerprint density at radius 1 is 1.30 bits per heavy atom. The molecule has 0 radical (unpaired) electrons. The van der Waals surface area contributed by atoms with Crippen LogP contribution in [0.2, 0.25) is 0 Å². The van der Waals surface area contributed by atoms with Crippen LogP contribution in [-0.2, 0) is 17.6 Å². The van der Waals surface area contributed by atoms with E-state index in [1.54, 1.807) is 17.5 Å². The summed E-state index contributed by atoms with van der Waals surface area (Å²) < 4.78 is 5.64. The molecule has 0 saturated heterocycles. The first-order valence-electron chi connectivity index (χ1n) is 7.39. The number of oxazole rings is 1. The normalized spacial score (nSPS) is 10.7. The van der Waals surface area contributed by atoms with Gasteiger partial charge in [0.15, 0.2) is 0 Å². The van der Waals surface area contributed by atoms with E-state index in [1.165, 1.54) is 0 Å². The molecule has 5 nitrogen and oxygen atoms in total. The van der Waals surface area contributed by atoms with E-state index in [0.29, 0.717) is 30.3 Å². The quantitative estimate of drug-likeness (QED) is 0.756. The Labute approximate surface area is 138 Å². The molecule has 0 aliphatic heterocycles. The lowest BCUT2D eigenvalue weighted by Crippen LogP contribution is -2.27. The summed E-state index contributed by atoms with van der Waals surface area (Å²) in [6.07, 6.45) is 2.69. The van der Waals surface area contributed by atoms with Crippen molar-refractivity contribution in [3.05, 3.63) is 59.1 Å². The second-order valence-corrected chi connectivity index (χ2v) is 6.04. The molecule has 23 heavy (non-hydrogen) atoms. The smallest absolute Gasteiger partial charge is 0.236 e. The molecule has 0 aliphatic carbocycles. The molecule has 3 heterocycles. The maximum absolute atomic E-state index is 12.0. The summed E-state index contributed by atoms with van der Waals surface area (Å²) in [7, 11) is 0. The zero-order chi connectivity index (χ0) is 16.1. The third-order valence-electron chi connectivity index (χ3n) is 3.38. The zero-order valence-corrected chi connectivity index (χ0v) is 13.6. The minimum absolute atomic E-state index is 0.0601. The molecule has 0 atom stereocenters. The second-order valence-electron chi connectivity index (χ2n) is 5.10. The van der Waals surface area contributed by atoms with E-state index in [9.17, 15) is 4.79 Å². The van der Waals surface area contributed by atoms with Gasteiger partial charge >= 0.3 is 0 Å². The van der Waals surface area contributed by atoms with Gasteiger partial charge in [0.05, 0.1) is 17.0 Å². The summed E-state index contributed by atoms with van der Waals surface area (Å²) in [5.74, 6) is 1.21. The fraction of sp³-hybridized carbons (Fsp3) is 0.235. The first-order valence-corrected chi connectivity index (χ1v) is 8.27. The Morgan fingerprint density at radius 3 is 2.96 bits per heavy atom. The molecule has 1 amide bonds. The fourth-order valence-electron chi connectivity index (χ4n) is 2.19. The molecule has 0 aliphatic rings. The van der Waals surface area contributed by atoms with Crippen molar-refractivity contribution in [1.82, 2.24) is 15.3 Å². The molecule has 0 unspecified atom stereocenters. The van der Waals surface area contributed by atoms with E-state index in [1.807, 2.05) is 42.6 Å². The number of aryl methyl sites for hydroxylation is 1. The minimum atomic E-state index is -0.0601.